The van der Waals surface area contributed by atoms with Crippen molar-refractivity contribution in [3.63, 3.8) is 0 Å². The lowest BCUT2D eigenvalue weighted by molar-refractivity contribution is -0.132. The summed E-state index contributed by atoms with van der Waals surface area (Å²) in [5.74, 6) is 0.0388. The van der Waals surface area contributed by atoms with Gasteiger partial charge in [-0.3, -0.25) is 14.6 Å². The second-order valence-corrected chi connectivity index (χ2v) is 7.28. The predicted octanol–water partition coefficient (Wildman–Crippen LogP) is 1.35. The summed E-state index contributed by atoms with van der Waals surface area (Å²) in [5.41, 5.74) is 2.05. The van der Waals surface area contributed by atoms with E-state index in [0.29, 0.717) is 24.2 Å². The molecule has 2 N–H and O–H groups in total. The second kappa shape index (κ2) is 7.46. The minimum atomic E-state index is -0.523. The van der Waals surface area contributed by atoms with E-state index in [1.165, 1.54) is 0 Å². The molecule has 28 heavy (non-hydrogen) atoms. The first-order valence-corrected chi connectivity index (χ1v) is 9.54. The molecule has 1 aliphatic rings. The number of amides is 1. The number of H-pyrrole nitrogens is 2. The second-order valence-electron chi connectivity index (χ2n) is 7.28. The van der Waals surface area contributed by atoms with Crippen LogP contribution in [0.1, 0.15) is 30.5 Å². The SMILES string of the molecule is Cc1[nH]c(=O)[nH]c(=O)c1CCC(=O)N1CCC[C@@H]1Cn1cnc2ccccc21. The van der Waals surface area contributed by atoms with Crippen molar-refractivity contribution in [3.05, 3.63) is 62.7 Å². The number of fused-ring (bicyclic) bond motifs is 1. The highest BCUT2D eigenvalue weighted by molar-refractivity contribution is 5.77. The van der Waals surface area contributed by atoms with E-state index < -0.39 is 11.2 Å². The van der Waals surface area contributed by atoms with Gasteiger partial charge in [-0.1, -0.05) is 12.1 Å². The molecule has 0 radical (unpaired) electrons. The molecule has 1 aromatic carbocycles. The molecular weight excluding hydrogens is 358 g/mol. The molecule has 1 aliphatic heterocycles. The van der Waals surface area contributed by atoms with Gasteiger partial charge >= 0.3 is 5.69 Å². The molecule has 8 nitrogen and oxygen atoms in total. The average molecular weight is 381 g/mol. The Bertz CT molecular complexity index is 1130. The van der Waals surface area contributed by atoms with Gasteiger partial charge in [-0.25, -0.2) is 9.78 Å². The van der Waals surface area contributed by atoms with Crippen LogP contribution >= 0.6 is 0 Å². The maximum absolute atomic E-state index is 12.8. The topological polar surface area (TPSA) is 104 Å². The summed E-state index contributed by atoms with van der Waals surface area (Å²) in [7, 11) is 0. The van der Waals surface area contributed by atoms with Gasteiger partial charge in [0.1, 0.15) is 0 Å². The average Bonchev–Trinajstić information content (AvgIpc) is 3.28. The first-order valence-electron chi connectivity index (χ1n) is 9.54. The Hall–Kier alpha value is -3.16. The zero-order chi connectivity index (χ0) is 19.7. The fourth-order valence-corrected chi connectivity index (χ4v) is 4.04. The highest BCUT2D eigenvalue weighted by atomic mass is 16.2. The van der Waals surface area contributed by atoms with Crippen LogP contribution in [0.25, 0.3) is 11.0 Å². The van der Waals surface area contributed by atoms with E-state index in [0.717, 1.165) is 30.4 Å². The number of hydrogen-bond acceptors (Lipinski definition) is 4. The zero-order valence-corrected chi connectivity index (χ0v) is 15.8. The fourth-order valence-electron chi connectivity index (χ4n) is 4.04. The number of nitrogens with one attached hydrogen (secondary N) is 2. The number of hydrogen-bond donors (Lipinski definition) is 2. The molecule has 0 aliphatic carbocycles. The number of para-hydroxylation sites is 2. The fraction of sp³-hybridized carbons (Fsp3) is 0.400. The lowest BCUT2D eigenvalue weighted by atomic mass is 10.1. The van der Waals surface area contributed by atoms with Crippen LogP contribution in [0.3, 0.4) is 0 Å². The number of nitrogens with zero attached hydrogens (tertiary/aromatic N) is 3. The van der Waals surface area contributed by atoms with E-state index in [-0.39, 0.29) is 18.4 Å². The van der Waals surface area contributed by atoms with Crippen LogP contribution in [0.4, 0.5) is 0 Å². The lowest BCUT2D eigenvalue weighted by Gasteiger charge is -2.25. The van der Waals surface area contributed by atoms with E-state index in [2.05, 4.69) is 19.5 Å². The minimum Gasteiger partial charge on any atom is -0.338 e. The Labute approximate surface area is 161 Å². The largest absolute Gasteiger partial charge is 0.338 e. The van der Waals surface area contributed by atoms with Crippen molar-refractivity contribution in [1.82, 2.24) is 24.4 Å². The Morgan fingerprint density at radius 3 is 2.89 bits per heavy atom. The third kappa shape index (κ3) is 3.49. The number of aryl methyl sites for hydroxylation is 1. The van der Waals surface area contributed by atoms with Crippen LogP contribution in [-0.2, 0) is 17.8 Å². The zero-order valence-electron chi connectivity index (χ0n) is 15.8. The van der Waals surface area contributed by atoms with Crippen molar-refractivity contribution in [1.29, 1.82) is 0 Å². The predicted molar refractivity (Wildman–Crippen MR) is 105 cm³/mol. The summed E-state index contributed by atoms with van der Waals surface area (Å²) in [4.78, 5) is 47.3. The Balaban J connectivity index is 1.45. The number of carbonyl (C=O) groups is 1. The molecule has 1 fully saturated rings. The number of carbonyl (C=O) groups excluding carboxylic acids is 1. The summed E-state index contributed by atoms with van der Waals surface area (Å²) in [6.45, 7) is 3.13. The van der Waals surface area contributed by atoms with Crippen molar-refractivity contribution in [3.8, 4) is 0 Å². The maximum Gasteiger partial charge on any atom is 0.325 e. The standard InChI is InChI=1S/C20H23N5O3/c1-13-15(19(27)23-20(28)22-13)8-9-18(26)25-10-4-5-14(25)11-24-12-21-16-6-2-3-7-17(16)24/h2-3,6-7,12,14H,4-5,8-11H2,1H3,(H2,22,23,27,28)/t14-/m1/s1. The van der Waals surface area contributed by atoms with Gasteiger partial charge in [-0.05, 0) is 38.3 Å². The molecular formula is C20H23N5O3. The minimum absolute atomic E-state index is 0.0388. The van der Waals surface area contributed by atoms with Crippen molar-refractivity contribution >= 4 is 16.9 Å². The van der Waals surface area contributed by atoms with Gasteiger partial charge in [0, 0.05) is 36.8 Å². The molecule has 8 heteroatoms. The number of aromatic nitrogens is 4. The summed E-state index contributed by atoms with van der Waals surface area (Å²) in [6, 6.07) is 8.09. The number of likely N-dealkylation sites (tertiary alicyclic amines) is 1. The molecule has 0 saturated carbocycles. The quantitative estimate of drug-likeness (QED) is 0.696. The molecule has 2 aromatic heterocycles. The molecule has 0 bridgehead atoms. The summed E-state index contributed by atoms with van der Waals surface area (Å²) in [6.07, 6.45) is 4.32. The number of imidazole rings is 1. The molecule has 4 rings (SSSR count). The van der Waals surface area contributed by atoms with E-state index in [1.807, 2.05) is 35.5 Å². The maximum atomic E-state index is 12.8. The van der Waals surface area contributed by atoms with Gasteiger partial charge in [0.2, 0.25) is 5.91 Å². The normalized spacial score (nSPS) is 16.8. The molecule has 3 heterocycles. The number of benzene rings is 1. The van der Waals surface area contributed by atoms with Crippen LogP contribution in [0, 0.1) is 6.92 Å². The number of aromatic amines is 2. The molecule has 0 spiro atoms. The van der Waals surface area contributed by atoms with Gasteiger partial charge in [0.15, 0.2) is 0 Å². The highest BCUT2D eigenvalue weighted by Crippen LogP contribution is 2.22. The van der Waals surface area contributed by atoms with Crippen LogP contribution in [-0.4, -0.2) is 42.9 Å². The Morgan fingerprint density at radius 2 is 2.07 bits per heavy atom. The van der Waals surface area contributed by atoms with Gasteiger partial charge in [-0.15, -0.1) is 0 Å². The monoisotopic (exact) mass is 381 g/mol. The Morgan fingerprint density at radius 1 is 1.25 bits per heavy atom. The molecule has 3 aromatic rings. The van der Waals surface area contributed by atoms with Crippen LogP contribution in [0.15, 0.2) is 40.2 Å². The first kappa shape index (κ1) is 18.2. The first-order chi connectivity index (χ1) is 13.5. The van der Waals surface area contributed by atoms with Gasteiger partial charge in [0.05, 0.1) is 17.4 Å². The van der Waals surface area contributed by atoms with Crippen molar-refractivity contribution in [2.24, 2.45) is 0 Å². The van der Waals surface area contributed by atoms with Crippen LogP contribution < -0.4 is 11.2 Å². The molecule has 146 valence electrons. The van der Waals surface area contributed by atoms with E-state index in [9.17, 15) is 14.4 Å². The van der Waals surface area contributed by atoms with Crippen molar-refractivity contribution < 1.29 is 4.79 Å². The van der Waals surface area contributed by atoms with Gasteiger partial charge < -0.3 is 14.5 Å². The smallest absolute Gasteiger partial charge is 0.325 e. The summed E-state index contributed by atoms with van der Waals surface area (Å²) < 4.78 is 2.10. The third-order valence-corrected chi connectivity index (χ3v) is 5.48. The van der Waals surface area contributed by atoms with Crippen molar-refractivity contribution in [2.75, 3.05) is 6.54 Å². The van der Waals surface area contributed by atoms with E-state index in [4.69, 9.17) is 0 Å². The lowest BCUT2D eigenvalue weighted by Crippen LogP contribution is -2.38. The van der Waals surface area contributed by atoms with Gasteiger partial charge in [-0.2, -0.15) is 0 Å². The Kier molecular flexibility index (Phi) is 4.85. The van der Waals surface area contributed by atoms with Crippen LogP contribution in [0.2, 0.25) is 0 Å². The van der Waals surface area contributed by atoms with Crippen molar-refractivity contribution in [2.45, 2.75) is 45.2 Å². The summed E-state index contributed by atoms with van der Waals surface area (Å²) in [5, 5.41) is 0. The third-order valence-electron chi connectivity index (χ3n) is 5.48. The highest BCUT2D eigenvalue weighted by Gasteiger charge is 2.29. The molecule has 0 unspecified atom stereocenters. The summed E-state index contributed by atoms with van der Waals surface area (Å²) >= 11 is 0. The van der Waals surface area contributed by atoms with Gasteiger partial charge in [0.25, 0.3) is 5.56 Å². The molecule has 1 amide bonds. The molecule has 1 atom stereocenters. The molecule has 1 saturated heterocycles. The van der Waals surface area contributed by atoms with Crippen LogP contribution in [0.5, 0.6) is 0 Å². The van der Waals surface area contributed by atoms with E-state index in [1.54, 1.807) is 6.92 Å². The number of rotatable bonds is 5. The van der Waals surface area contributed by atoms with E-state index >= 15 is 0 Å².